The summed E-state index contributed by atoms with van der Waals surface area (Å²) in [6.07, 6.45) is 1.35. The number of carbonyl (C=O) groups excluding carboxylic acids is 1. The zero-order chi connectivity index (χ0) is 16.3. The first-order valence-corrected chi connectivity index (χ1v) is 7.00. The van der Waals surface area contributed by atoms with Crippen LogP contribution in [0.1, 0.15) is 30.3 Å². The smallest absolute Gasteiger partial charge is 0.321 e. The third-order valence-electron chi connectivity index (χ3n) is 3.82. The number of aliphatic carboxylic acids is 1. The Hall–Kier alpha value is -2.42. The van der Waals surface area contributed by atoms with Gasteiger partial charge in [-0.2, -0.15) is 0 Å². The molecule has 1 aromatic rings. The van der Waals surface area contributed by atoms with Gasteiger partial charge < -0.3 is 20.5 Å². The number of likely N-dealkylation sites (N-methyl/N-ethyl adjacent to an activating group) is 1. The first-order valence-electron chi connectivity index (χ1n) is 7.00. The van der Waals surface area contributed by atoms with Gasteiger partial charge in [-0.1, -0.05) is 6.92 Å². The Morgan fingerprint density at radius 1 is 1.50 bits per heavy atom. The second-order valence-electron chi connectivity index (χ2n) is 5.27. The second-order valence-corrected chi connectivity index (χ2v) is 5.27. The minimum Gasteiger partial charge on any atom is -0.480 e. The molecule has 22 heavy (non-hydrogen) atoms. The van der Waals surface area contributed by atoms with Crippen LogP contribution in [0.25, 0.3) is 0 Å². The number of nitrogens with one attached hydrogen (secondary N) is 2. The van der Waals surface area contributed by atoms with E-state index in [1.807, 2.05) is 11.8 Å². The predicted molar refractivity (Wildman–Crippen MR) is 76.6 cm³/mol. The first-order chi connectivity index (χ1) is 10.4. The van der Waals surface area contributed by atoms with Gasteiger partial charge in [0.15, 0.2) is 5.69 Å². The van der Waals surface area contributed by atoms with Crippen molar-refractivity contribution in [2.45, 2.75) is 31.8 Å². The maximum Gasteiger partial charge on any atom is 0.321 e. The molecule has 120 valence electrons. The van der Waals surface area contributed by atoms with Crippen molar-refractivity contribution in [1.82, 2.24) is 15.2 Å². The second kappa shape index (κ2) is 6.56. The molecule has 1 fully saturated rings. The molecule has 9 nitrogen and oxygen atoms in total. The summed E-state index contributed by atoms with van der Waals surface area (Å²) in [6, 6.07) is 2.71. The Balaban J connectivity index is 1.82. The van der Waals surface area contributed by atoms with E-state index in [0.717, 1.165) is 0 Å². The molecular formula is C13H18N4O5. The van der Waals surface area contributed by atoms with Crippen LogP contribution in [0, 0.1) is 10.1 Å². The monoisotopic (exact) mass is 310 g/mol. The largest absolute Gasteiger partial charge is 0.480 e. The van der Waals surface area contributed by atoms with Crippen LogP contribution in [0.4, 0.5) is 5.82 Å². The fraction of sp³-hybridized carbons (Fsp3) is 0.538. The quantitative estimate of drug-likeness (QED) is 0.499. The van der Waals surface area contributed by atoms with E-state index in [4.69, 9.17) is 5.11 Å². The Morgan fingerprint density at radius 3 is 2.68 bits per heavy atom. The fourth-order valence-corrected chi connectivity index (χ4v) is 2.56. The van der Waals surface area contributed by atoms with Gasteiger partial charge in [0.05, 0.1) is 6.54 Å². The summed E-state index contributed by atoms with van der Waals surface area (Å²) in [5, 5.41) is 22.2. The maximum atomic E-state index is 11.9. The number of nitro groups is 1. The maximum absolute atomic E-state index is 11.9. The molecule has 0 aromatic carbocycles. The molecule has 1 aliphatic carbocycles. The van der Waals surface area contributed by atoms with Crippen molar-refractivity contribution in [3.8, 4) is 0 Å². The van der Waals surface area contributed by atoms with E-state index >= 15 is 0 Å². The summed E-state index contributed by atoms with van der Waals surface area (Å²) < 4.78 is 0. The van der Waals surface area contributed by atoms with Crippen LogP contribution in [0.5, 0.6) is 0 Å². The predicted octanol–water partition coefficient (Wildman–Crippen LogP) is 0.590. The lowest BCUT2D eigenvalue weighted by Crippen LogP contribution is -2.54. The van der Waals surface area contributed by atoms with E-state index < -0.39 is 16.8 Å². The van der Waals surface area contributed by atoms with Crippen LogP contribution in [0.15, 0.2) is 12.1 Å². The van der Waals surface area contributed by atoms with Gasteiger partial charge in [-0.15, -0.1) is 0 Å². The summed E-state index contributed by atoms with van der Waals surface area (Å²) in [7, 11) is 0. The summed E-state index contributed by atoms with van der Waals surface area (Å²) in [5.74, 6) is -1.49. The molecule has 0 spiro atoms. The van der Waals surface area contributed by atoms with Crippen molar-refractivity contribution in [1.29, 1.82) is 0 Å². The van der Waals surface area contributed by atoms with Crippen molar-refractivity contribution >= 4 is 17.7 Å². The van der Waals surface area contributed by atoms with Crippen LogP contribution >= 0.6 is 0 Å². The van der Waals surface area contributed by atoms with E-state index in [0.29, 0.717) is 19.4 Å². The Bertz CT molecular complexity index is 579. The minimum atomic E-state index is -0.868. The highest BCUT2D eigenvalue weighted by atomic mass is 16.6. The molecule has 1 heterocycles. The Morgan fingerprint density at radius 2 is 2.18 bits per heavy atom. The lowest BCUT2D eigenvalue weighted by Gasteiger charge is -2.42. The van der Waals surface area contributed by atoms with Crippen LogP contribution in [0.3, 0.4) is 0 Å². The molecule has 1 aliphatic rings. The van der Waals surface area contributed by atoms with E-state index in [1.165, 1.54) is 12.1 Å². The number of amides is 1. The van der Waals surface area contributed by atoms with Crippen molar-refractivity contribution in [3.05, 3.63) is 27.9 Å². The summed E-state index contributed by atoms with van der Waals surface area (Å²) in [5.41, 5.74) is 0.146. The molecule has 3 N–H and O–H groups in total. The van der Waals surface area contributed by atoms with Crippen LogP contribution < -0.4 is 5.32 Å². The molecule has 0 bridgehead atoms. The SMILES string of the molecule is CCN(CC(=O)O)C1CC(NC(=O)c2ccc([N+](=O)[O-])[nH]2)C1. The molecule has 0 saturated heterocycles. The highest BCUT2D eigenvalue weighted by molar-refractivity contribution is 5.93. The average Bonchev–Trinajstić information content (AvgIpc) is 2.89. The van der Waals surface area contributed by atoms with Gasteiger partial charge in [0, 0.05) is 18.2 Å². The minimum absolute atomic E-state index is 0.00927. The van der Waals surface area contributed by atoms with Crippen molar-refractivity contribution in [2.75, 3.05) is 13.1 Å². The molecule has 0 unspecified atom stereocenters. The molecule has 9 heteroatoms. The van der Waals surface area contributed by atoms with Gasteiger partial charge in [-0.3, -0.25) is 14.5 Å². The number of hydrogen-bond acceptors (Lipinski definition) is 5. The molecule has 1 saturated carbocycles. The van der Waals surface area contributed by atoms with Crippen LogP contribution in [0.2, 0.25) is 0 Å². The summed E-state index contributed by atoms with van der Waals surface area (Å²) >= 11 is 0. The highest BCUT2D eigenvalue weighted by Crippen LogP contribution is 2.26. The van der Waals surface area contributed by atoms with E-state index in [2.05, 4.69) is 10.3 Å². The number of rotatable bonds is 7. The van der Waals surface area contributed by atoms with Gasteiger partial charge in [-0.05, 0) is 30.4 Å². The van der Waals surface area contributed by atoms with Crippen molar-refractivity contribution in [2.24, 2.45) is 0 Å². The molecule has 2 rings (SSSR count). The molecule has 1 amide bonds. The zero-order valence-corrected chi connectivity index (χ0v) is 12.1. The van der Waals surface area contributed by atoms with Crippen LogP contribution in [-0.2, 0) is 4.79 Å². The normalized spacial score (nSPS) is 20.5. The number of carboxylic acids is 1. The lowest BCUT2D eigenvalue weighted by molar-refractivity contribution is -0.389. The topological polar surface area (TPSA) is 129 Å². The Labute approximate surface area is 126 Å². The molecule has 0 aliphatic heterocycles. The van der Waals surface area contributed by atoms with Gasteiger partial charge in [-0.25, -0.2) is 4.98 Å². The van der Waals surface area contributed by atoms with Gasteiger partial charge in [0.25, 0.3) is 5.91 Å². The van der Waals surface area contributed by atoms with E-state index in [1.54, 1.807) is 0 Å². The number of carboxylic acid groups (broad SMARTS) is 1. The standard InChI is InChI=1S/C13H18N4O5/c1-2-16(7-12(18)19)9-5-8(6-9)14-13(20)10-3-4-11(15-10)17(21)22/h3-4,8-9,15H,2,5-7H2,1H3,(H,14,20)(H,18,19). The number of H-pyrrole nitrogens is 1. The van der Waals surface area contributed by atoms with Gasteiger partial charge in [0.1, 0.15) is 0 Å². The molecule has 0 atom stereocenters. The number of hydrogen-bond donors (Lipinski definition) is 3. The third kappa shape index (κ3) is 3.61. The highest BCUT2D eigenvalue weighted by Gasteiger charge is 2.35. The summed E-state index contributed by atoms with van der Waals surface area (Å²) in [4.78, 5) is 36.9. The zero-order valence-electron chi connectivity index (χ0n) is 12.1. The van der Waals surface area contributed by atoms with Gasteiger partial charge in [0.2, 0.25) is 0 Å². The van der Waals surface area contributed by atoms with Crippen molar-refractivity contribution in [3.63, 3.8) is 0 Å². The summed E-state index contributed by atoms with van der Waals surface area (Å²) in [6.45, 7) is 2.53. The lowest BCUT2D eigenvalue weighted by atomic mass is 9.85. The number of aromatic nitrogens is 1. The van der Waals surface area contributed by atoms with E-state index in [9.17, 15) is 19.7 Å². The van der Waals surface area contributed by atoms with Crippen molar-refractivity contribution < 1.29 is 19.6 Å². The first kappa shape index (κ1) is 16.0. The number of nitrogens with zero attached hydrogens (tertiary/aromatic N) is 2. The Kier molecular flexibility index (Phi) is 4.76. The fourth-order valence-electron chi connectivity index (χ4n) is 2.56. The molecule has 0 radical (unpaired) electrons. The van der Waals surface area contributed by atoms with Crippen LogP contribution in [-0.4, -0.2) is 57.0 Å². The number of aromatic amines is 1. The molecule has 1 aromatic heterocycles. The third-order valence-corrected chi connectivity index (χ3v) is 3.82. The number of carbonyl (C=O) groups is 2. The molecular weight excluding hydrogens is 292 g/mol. The average molecular weight is 310 g/mol. The van der Waals surface area contributed by atoms with E-state index in [-0.39, 0.29) is 30.1 Å². The van der Waals surface area contributed by atoms with Gasteiger partial charge >= 0.3 is 11.8 Å².